The maximum atomic E-state index is 5.94. The normalized spacial score (nSPS) is 14.9. The van der Waals surface area contributed by atoms with Gasteiger partial charge in [-0.2, -0.15) is 4.98 Å². The van der Waals surface area contributed by atoms with Crippen molar-refractivity contribution in [3.8, 4) is 11.8 Å². The second kappa shape index (κ2) is 8.44. The van der Waals surface area contributed by atoms with Crippen molar-refractivity contribution in [1.29, 1.82) is 0 Å². The summed E-state index contributed by atoms with van der Waals surface area (Å²) < 4.78 is 11.7. The van der Waals surface area contributed by atoms with E-state index in [1.807, 2.05) is 18.2 Å². The van der Waals surface area contributed by atoms with Crippen molar-refractivity contribution >= 4 is 0 Å². The molecular weight excluding hydrogens is 374 g/mol. The lowest BCUT2D eigenvalue weighted by atomic mass is 9.78. The van der Waals surface area contributed by atoms with Gasteiger partial charge in [0.05, 0.1) is 5.69 Å². The largest absolute Gasteiger partial charge is 0.487 e. The third-order valence-corrected chi connectivity index (χ3v) is 5.73. The highest BCUT2D eigenvalue weighted by atomic mass is 16.5. The lowest BCUT2D eigenvalue weighted by Crippen LogP contribution is -2.51. The van der Waals surface area contributed by atoms with Crippen LogP contribution in [0, 0.1) is 6.92 Å². The number of nitrogens with zero attached hydrogens (tertiary/aromatic N) is 3. The third kappa shape index (κ3) is 4.62. The summed E-state index contributed by atoms with van der Waals surface area (Å²) in [6.45, 7) is 8.81. The molecule has 0 N–H and O–H groups in total. The lowest BCUT2D eigenvalue weighted by Gasteiger charge is -2.35. The molecule has 1 aliphatic rings. The summed E-state index contributed by atoms with van der Waals surface area (Å²) in [5, 5.41) is 0. The van der Waals surface area contributed by atoms with Crippen LogP contribution in [0.3, 0.4) is 0 Å². The van der Waals surface area contributed by atoms with E-state index in [-0.39, 0.29) is 11.5 Å². The van der Waals surface area contributed by atoms with Crippen LogP contribution in [-0.4, -0.2) is 41.1 Å². The molecule has 1 fully saturated rings. The topological polar surface area (TPSA) is 47.5 Å². The maximum absolute atomic E-state index is 5.94. The Morgan fingerprint density at radius 3 is 2.23 bits per heavy atom. The average molecular weight is 404 g/mol. The minimum Gasteiger partial charge on any atom is -0.487 e. The number of hydrogen-bond donors (Lipinski definition) is 0. The second-order valence-electron chi connectivity index (χ2n) is 8.60. The molecule has 0 unspecified atom stereocenters. The fraction of sp³-hybridized carbons (Fsp3) is 0.360. The third-order valence-electron chi connectivity index (χ3n) is 5.73. The Labute approximate surface area is 178 Å². The number of likely N-dealkylation sites (N-methyl/N-ethyl adjacent to an activating group) is 1. The van der Waals surface area contributed by atoms with Gasteiger partial charge < -0.3 is 9.47 Å². The Kier molecular flexibility index (Phi) is 5.73. The van der Waals surface area contributed by atoms with Crippen molar-refractivity contribution in [2.45, 2.75) is 38.9 Å². The number of likely N-dealkylation sites (tertiary alicyclic amines) is 1. The summed E-state index contributed by atoms with van der Waals surface area (Å²) in [6.07, 6.45) is 1.90. The van der Waals surface area contributed by atoms with Gasteiger partial charge >= 0.3 is 6.01 Å². The molecule has 156 valence electrons. The van der Waals surface area contributed by atoms with Crippen molar-refractivity contribution in [2.24, 2.45) is 0 Å². The summed E-state index contributed by atoms with van der Waals surface area (Å²) in [5.74, 6) is 0.820. The van der Waals surface area contributed by atoms with Crippen molar-refractivity contribution in [1.82, 2.24) is 14.9 Å². The molecule has 0 spiro atoms. The summed E-state index contributed by atoms with van der Waals surface area (Å²) in [7, 11) is 2.07. The molecule has 0 amide bonds. The number of hydrogen-bond acceptors (Lipinski definition) is 5. The Hall–Kier alpha value is -2.92. The highest BCUT2D eigenvalue weighted by Crippen LogP contribution is 2.32. The van der Waals surface area contributed by atoms with Gasteiger partial charge in [0.25, 0.3) is 0 Å². The van der Waals surface area contributed by atoms with Gasteiger partial charge in [0.1, 0.15) is 18.5 Å². The Morgan fingerprint density at radius 1 is 0.967 bits per heavy atom. The van der Waals surface area contributed by atoms with E-state index in [1.54, 1.807) is 6.20 Å². The van der Waals surface area contributed by atoms with E-state index in [4.69, 9.17) is 9.47 Å². The molecule has 5 nitrogen and oxygen atoms in total. The van der Waals surface area contributed by atoms with Gasteiger partial charge in [-0.05, 0) is 43.3 Å². The zero-order valence-electron chi connectivity index (χ0n) is 18.1. The molecule has 1 aliphatic heterocycles. The van der Waals surface area contributed by atoms with Crippen LogP contribution in [0.2, 0.25) is 0 Å². The molecule has 0 aliphatic carbocycles. The summed E-state index contributed by atoms with van der Waals surface area (Å²) in [5.41, 5.74) is 4.56. The van der Waals surface area contributed by atoms with Gasteiger partial charge in [-0.15, -0.1) is 0 Å². The van der Waals surface area contributed by atoms with Gasteiger partial charge in [0, 0.05) is 24.7 Å². The molecule has 1 saturated heterocycles. The van der Waals surface area contributed by atoms with Gasteiger partial charge in [-0.3, -0.25) is 4.90 Å². The molecule has 3 aromatic rings. The molecule has 0 saturated carbocycles. The highest BCUT2D eigenvalue weighted by Gasteiger charge is 2.26. The van der Waals surface area contributed by atoms with Crippen molar-refractivity contribution in [2.75, 3.05) is 20.1 Å². The second-order valence-corrected chi connectivity index (χ2v) is 8.60. The van der Waals surface area contributed by atoms with E-state index < -0.39 is 0 Å². The fourth-order valence-corrected chi connectivity index (χ4v) is 3.64. The molecular formula is C25H29N3O2. The van der Waals surface area contributed by atoms with Crippen LogP contribution in [0.5, 0.6) is 11.8 Å². The summed E-state index contributed by atoms with van der Waals surface area (Å²) in [6, 6.07) is 19.3. The SMILES string of the molecule is Cc1ccc(C(C)(C)c2ccc(OCc3ccnc(OC4CN(C)C4)n3)cc2)cc1. The molecule has 30 heavy (non-hydrogen) atoms. The number of rotatable bonds is 7. The first-order chi connectivity index (χ1) is 14.4. The van der Waals surface area contributed by atoms with E-state index in [0.29, 0.717) is 12.6 Å². The Bertz CT molecular complexity index is 978. The monoisotopic (exact) mass is 403 g/mol. The lowest BCUT2D eigenvalue weighted by molar-refractivity contribution is 0.0317. The molecule has 5 heteroatoms. The van der Waals surface area contributed by atoms with Crippen LogP contribution in [0.25, 0.3) is 0 Å². The van der Waals surface area contributed by atoms with E-state index in [0.717, 1.165) is 24.5 Å². The summed E-state index contributed by atoms with van der Waals surface area (Å²) in [4.78, 5) is 10.9. The first-order valence-corrected chi connectivity index (χ1v) is 10.4. The first kappa shape index (κ1) is 20.4. The number of ether oxygens (including phenoxy) is 2. The zero-order valence-corrected chi connectivity index (χ0v) is 18.1. The predicted molar refractivity (Wildman–Crippen MR) is 118 cm³/mol. The molecule has 0 radical (unpaired) electrons. The molecule has 2 heterocycles. The van der Waals surface area contributed by atoms with E-state index in [9.17, 15) is 0 Å². The molecule has 0 bridgehead atoms. The fourth-order valence-electron chi connectivity index (χ4n) is 3.64. The number of aromatic nitrogens is 2. The number of benzene rings is 2. The van der Waals surface area contributed by atoms with E-state index in [2.05, 4.69) is 79.1 Å². The predicted octanol–water partition coefficient (Wildman–Crippen LogP) is 4.38. The van der Waals surface area contributed by atoms with Crippen LogP contribution in [0.15, 0.2) is 60.8 Å². The minimum atomic E-state index is -0.0687. The van der Waals surface area contributed by atoms with Gasteiger partial charge in [0.2, 0.25) is 0 Å². The van der Waals surface area contributed by atoms with Crippen LogP contribution in [0.4, 0.5) is 0 Å². The molecule has 0 atom stereocenters. The van der Waals surface area contributed by atoms with Crippen LogP contribution in [-0.2, 0) is 12.0 Å². The van der Waals surface area contributed by atoms with Gasteiger partial charge in [0.15, 0.2) is 0 Å². The molecule has 1 aromatic heterocycles. The Balaban J connectivity index is 1.37. The van der Waals surface area contributed by atoms with Crippen molar-refractivity contribution in [3.63, 3.8) is 0 Å². The molecule has 2 aromatic carbocycles. The highest BCUT2D eigenvalue weighted by molar-refractivity contribution is 5.40. The minimum absolute atomic E-state index is 0.0687. The number of aryl methyl sites for hydroxylation is 1. The van der Waals surface area contributed by atoms with Crippen molar-refractivity contribution in [3.05, 3.63) is 83.2 Å². The standard InChI is InChI=1S/C25H29N3O2/c1-18-5-7-19(8-6-18)25(2,3)20-9-11-22(12-10-20)29-17-21-13-14-26-24(27-21)30-23-15-28(4)16-23/h5-14,23H,15-17H2,1-4H3. The van der Waals surface area contributed by atoms with Gasteiger partial charge in [-0.25, -0.2) is 4.98 Å². The van der Waals surface area contributed by atoms with Crippen molar-refractivity contribution < 1.29 is 9.47 Å². The molecule has 4 rings (SSSR count). The van der Waals surface area contributed by atoms with E-state index >= 15 is 0 Å². The van der Waals surface area contributed by atoms with Crippen LogP contribution >= 0.6 is 0 Å². The first-order valence-electron chi connectivity index (χ1n) is 10.4. The van der Waals surface area contributed by atoms with Crippen LogP contribution < -0.4 is 9.47 Å². The quantitative estimate of drug-likeness (QED) is 0.586. The zero-order chi connectivity index (χ0) is 21.1. The van der Waals surface area contributed by atoms with Crippen LogP contribution in [0.1, 0.15) is 36.2 Å². The van der Waals surface area contributed by atoms with Gasteiger partial charge in [-0.1, -0.05) is 55.8 Å². The smallest absolute Gasteiger partial charge is 0.317 e. The van der Waals surface area contributed by atoms with E-state index in [1.165, 1.54) is 16.7 Å². The Morgan fingerprint density at radius 2 is 1.60 bits per heavy atom. The maximum Gasteiger partial charge on any atom is 0.317 e. The average Bonchev–Trinajstić information content (AvgIpc) is 2.72. The summed E-state index contributed by atoms with van der Waals surface area (Å²) >= 11 is 0.